The van der Waals surface area contributed by atoms with Gasteiger partial charge in [-0.25, -0.2) is 4.79 Å². The molecule has 0 amide bonds. The van der Waals surface area contributed by atoms with Crippen LogP contribution < -0.4 is 5.32 Å². The molecule has 0 aliphatic carbocycles. The molecule has 0 aromatic carbocycles. The highest BCUT2D eigenvalue weighted by Gasteiger charge is 2.33. The van der Waals surface area contributed by atoms with E-state index in [-0.39, 0.29) is 18.7 Å². The lowest BCUT2D eigenvalue weighted by Gasteiger charge is -2.27. The van der Waals surface area contributed by atoms with Crippen molar-refractivity contribution in [3.8, 4) is 0 Å². The Morgan fingerprint density at radius 2 is 2.00 bits per heavy atom. The fourth-order valence-corrected chi connectivity index (χ4v) is 1.43. The Morgan fingerprint density at radius 1 is 1.33 bits per heavy atom. The molecule has 108 valence electrons. The number of carbonyl (C=O) groups is 1. The molecular weight excluding hydrogens is 234 g/mol. The molecule has 1 atom stereocenters. The van der Waals surface area contributed by atoms with Crippen LogP contribution in [0.4, 0.5) is 0 Å². The van der Waals surface area contributed by atoms with Crippen molar-refractivity contribution >= 4 is 5.97 Å². The second-order valence-electron chi connectivity index (χ2n) is 4.72. The van der Waals surface area contributed by atoms with Crippen LogP contribution in [-0.4, -0.2) is 51.1 Å². The molecule has 0 aromatic heterocycles. The first-order valence-electron chi connectivity index (χ1n) is 6.49. The van der Waals surface area contributed by atoms with Crippen molar-refractivity contribution < 1.29 is 19.0 Å². The Morgan fingerprint density at radius 3 is 2.50 bits per heavy atom. The summed E-state index contributed by atoms with van der Waals surface area (Å²) < 4.78 is 15.6. The number of hydrogen-bond acceptors (Lipinski definition) is 5. The van der Waals surface area contributed by atoms with Crippen LogP contribution in [0.25, 0.3) is 0 Å². The molecule has 5 heteroatoms. The number of rotatable bonds is 10. The van der Waals surface area contributed by atoms with Crippen LogP contribution in [0, 0.1) is 0 Å². The third-order valence-electron chi connectivity index (χ3n) is 2.47. The lowest BCUT2D eigenvalue weighted by molar-refractivity contribution is -0.151. The van der Waals surface area contributed by atoms with Crippen molar-refractivity contribution in [3.05, 3.63) is 0 Å². The smallest absolute Gasteiger partial charge is 0.328 e. The van der Waals surface area contributed by atoms with E-state index in [0.29, 0.717) is 13.2 Å². The van der Waals surface area contributed by atoms with Crippen molar-refractivity contribution in [2.24, 2.45) is 0 Å². The molecule has 1 unspecified atom stereocenters. The second-order valence-corrected chi connectivity index (χ2v) is 4.72. The number of nitrogens with one attached hydrogen (secondary N) is 1. The minimum absolute atomic E-state index is 0.193. The van der Waals surface area contributed by atoms with Crippen molar-refractivity contribution in [3.63, 3.8) is 0 Å². The van der Waals surface area contributed by atoms with Crippen molar-refractivity contribution in [2.45, 2.75) is 45.8 Å². The Bertz CT molecular complexity index is 233. The minimum Gasteiger partial charge on any atom is -0.468 e. The lowest BCUT2D eigenvalue weighted by Crippen LogP contribution is -2.54. The van der Waals surface area contributed by atoms with Crippen molar-refractivity contribution in [1.29, 1.82) is 0 Å². The van der Waals surface area contributed by atoms with Gasteiger partial charge < -0.3 is 19.5 Å². The molecule has 0 fully saturated rings. The third-order valence-corrected chi connectivity index (χ3v) is 2.47. The SMILES string of the molecule is CCCNC(C)(COCCOC(C)C)C(=O)OC. The monoisotopic (exact) mass is 261 g/mol. The number of hydrogen-bond donors (Lipinski definition) is 1. The van der Waals surface area contributed by atoms with Crippen LogP contribution in [0.2, 0.25) is 0 Å². The Labute approximate surface area is 110 Å². The highest BCUT2D eigenvalue weighted by atomic mass is 16.5. The molecule has 0 heterocycles. The van der Waals surface area contributed by atoms with Crippen LogP contribution in [0.1, 0.15) is 34.1 Å². The van der Waals surface area contributed by atoms with Gasteiger partial charge in [0.05, 0.1) is 33.0 Å². The molecule has 1 N–H and O–H groups in total. The van der Waals surface area contributed by atoms with Crippen molar-refractivity contribution in [1.82, 2.24) is 5.32 Å². The van der Waals surface area contributed by atoms with Gasteiger partial charge in [-0.1, -0.05) is 6.92 Å². The maximum absolute atomic E-state index is 11.7. The molecule has 0 bridgehead atoms. The quantitative estimate of drug-likeness (QED) is 0.475. The summed E-state index contributed by atoms with van der Waals surface area (Å²) in [5.74, 6) is -0.305. The van der Waals surface area contributed by atoms with Gasteiger partial charge in [-0.3, -0.25) is 0 Å². The van der Waals surface area contributed by atoms with Crippen molar-refractivity contribution in [2.75, 3.05) is 33.5 Å². The maximum atomic E-state index is 11.7. The fourth-order valence-electron chi connectivity index (χ4n) is 1.43. The molecular formula is C13H27NO4. The van der Waals surface area contributed by atoms with Crippen LogP contribution in [0.5, 0.6) is 0 Å². The second kappa shape index (κ2) is 9.30. The molecule has 0 saturated heterocycles. The van der Waals surface area contributed by atoms with E-state index in [9.17, 15) is 4.79 Å². The maximum Gasteiger partial charge on any atom is 0.328 e. The molecule has 0 saturated carbocycles. The molecule has 0 rings (SSSR count). The highest BCUT2D eigenvalue weighted by Crippen LogP contribution is 2.07. The molecule has 0 aliphatic rings. The van der Waals surface area contributed by atoms with Gasteiger partial charge in [-0.2, -0.15) is 0 Å². The zero-order valence-electron chi connectivity index (χ0n) is 12.2. The lowest BCUT2D eigenvalue weighted by atomic mass is 10.0. The highest BCUT2D eigenvalue weighted by molar-refractivity contribution is 5.80. The topological polar surface area (TPSA) is 56.8 Å². The predicted octanol–water partition coefficient (Wildman–Crippen LogP) is 1.36. The van der Waals surface area contributed by atoms with Gasteiger partial charge in [0.2, 0.25) is 0 Å². The Kier molecular flexibility index (Phi) is 8.97. The summed E-state index contributed by atoms with van der Waals surface area (Å²) in [6.45, 7) is 9.81. The molecule has 0 aromatic rings. The first kappa shape index (κ1) is 17.4. The van der Waals surface area contributed by atoms with Crippen LogP contribution in [0.3, 0.4) is 0 Å². The third kappa shape index (κ3) is 6.93. The van der Waals surface area contributed by atoms with E-state index in [2.05, 4.69) is 5.32 Å². The summed E-state index contributed by atoms with van der Waals surface area (Å²) in [6, 6.07) is 0. The van der Waals surface area contributed by atoms with E-state index in [1.165, 1.54) is 7.11 Å². The Hall–Kier alpha value is -0.650. The van der Waals surface area contributed by atoms with Gasteiger partial charge in [-0.05, 0) is 33.7 Å². The standard InChI is InChI=1S/C13H27NO4/c1-6-7-14-13(4,12(15)16-5)10-17-8-9-18-11(2)3/h11,14H,6-10H2,1-5H3. The minimum atomic E-state index is -0.789. The number of methoxy groups -OCH3 is 1. The zero-order valence-corrected chi connectivity index (χ0v) is 12.2. The number of esters is 1. The predicted molar refractivity (Wildman–Crippen MR) is 70.6 cm³/mol. The van der Waals surface area contributed by atoms with Gasteiger partial charge in [0.25, 0.3) is 0 Å². The van der Waals surface area contributed by atoms with Gasteiger partial charge in [-0.15, -0.1) is 0 Å². The normalized spacial score (nSPS) is 14.6. The van der Waals surface area contributed by atoms with E-state index < -0.39 is 5.54 Å². The molecule has 0 radical (unpaired) electrons. The average molecular weight is 261 g/mol. The fraction of sp³-hybridized carbons (Fsp3) is 0.923. The van der Waals surface area contributed by atoms with Gasteiger partial charge in [0.15, 0.2) is 0 Å². The van der Waals surface area contributed by atoms with E-state index >= 15 is 0 Å². The largest absolute Gasteiger partial charge is 0.468 e. The summed E-state index contributed by atoms with van der Waals surface area (Å²) in [5.41, 5.74) is -0.789. The summed E-state index contributed by atoms with van der Waals surface area (Å²) in [6.07, 6.45) is 1.14. The summed E-state index contributed by atoms with van der Waals surface area (Å²) in [4.78, 5) is 11.7. The van der Waals surface area contributed by atoms with E-state index in [0.717, 1.165) is 13.0 Å². The first-order chi connectivity index (χ1) is 8.46. The van der Waals surface area contributed by atoms with Gasteiger partial charge in [0.1, 0.15) is 5.54 Å². The first-order valence-corrected chi connectivity index (χ1v) is 6.49. The molecule has 18 heavy (non-hydrogen) atoms. The molecule has 5 nitrogen and oxygen atoms in total. The summed E-state index contributed by atoms with van der Waals surface area (Å²) >= 11 is 0. The van der Waals surface area contributed by atoms with E-state index in [4.69, 9.17) is 14.2 Å². The molecule has 0 aliphatic heterocycles. The van der Waals surface area contributed by atoms with Crippen LogP contribution in [0.15, 0.2) is 0 Å². The Balaban J connectivity index is 4.05. The van der Waals surface area contributed by atoms with E-state index in [1.807, 2.05) is 20.8 Å². The molecule has 0 spiro atoms. The number of carbonyl (C=O) groups excluding carboxylic acids is 1. The van der Waals surface area contributed by atoms with Crippen LogP contribution >= 0.6 is 0 Å². The van der Waals surface area contributed by atoms with Gasteiger partial charge in [0, 0.05) is 0 Å². The summed E-state index contributed by atoms with van der Waals surface area (Å²) in [5, 5.41) is 3.16. The van der Waals surface area contributed by atoms with Crippen LogP contribution in [-0.2, 0) is 19.0 Å². The van der Waals surface area contributed by atoms with E-state index in [1.54, 1.807) is 6.92 Å². The number of ether oxygens (including phenoxy) is 3. The van der Waals surface area contributed by atoms with Gasteiger partial charge >= 0.3 is 5.97 Å². The zero-order chi connectivity index (χ0) is 14.0. The average Bonchev–Trinajstić information content (AvgIpc) is 2.34. The summed E-state index contributed by atoms with van der Waals surface area (Å²) in [7, 11) is 1.39.